The van der Waals surface area contributed by atoms with Crippen LogP contribution in [0.15, 0.2) is 47.5 Å². The standard InChI is InChI=1S/C15H9Cl2N5O/c16-13-4-3-12(6-14(13)17)22-9-11(19-20-22)8-21-5-1-2-10(7-18)15(21)23/h1-6,9H,8H2. The zero-order chi connectivity index (χ0) is 16.4. The van der Waals surface area contributed by atoms with E-state index in [-0.39, 0.29) is 17.7 Å². The van der Waals surface area contributed by atoms with Crippen molar-refractivity contribution < 1.29 is 0 Å². The lowest BCUT2D eigenvalue weighted by Gasteiger charge is -2.03. The van der Waals surface area contributed by atoms with E-state index >= 15 is 0 Å². The first-order chi connectivity index (χ1) is 11.1. The summed E-state index contributed by atoms with van der Waals surface area (Å²) >= 11 is 11.9. The lowest BCUT2D eigenvalue weighted by Crippen LogP contribution is -2.22. The summed E-state index contributed by atoms with van der Waals surface area (Å²) in [5.74, 6) is 0. The molecule has 2 aromatic heterocycles. The van der Waals surface area contributed by atoms with Crippen LogP contribution in [-0.2, 0) is 6.54 Å². The van der Waals surface area contributed by atoms with Crippen molar-refractivity contribution in [2.45, 2.75) is 6.54 Å². The molecular formula is C15H9Cl2N5O. The number of nitrogens with zero attached hydrogens (tertiary/aromatic N) is 5. The molecule has 0 aliphatic heterocycles. The van der Waals surface area contributed by atoms with Crippen LogP contribution in [0.4, 0.5) is 0 Å². The number of hydrogen-bond acceptors (Lipinski definition) is 4. The maximum absolute atomic E-state index is 12.0. The van der Waals surface area contributed by atoms with Crippen molar-refractivity contribution in [1.29, 1.82) is 5.26 Å². The number of aromatic nitrogens is 4. The average Bonchev–Trinajstić information content (AvgIpc) is 3.01. The fourth-order valence-electron chi connectivity index (χ4n) is 2.05. The van der Waals surface area contributed by atoms with E-state index in [4.69, 9.17) is 28.5 Å². The molecular weight excluding hydrogens is 337 g/mol. The van der Waals surface area contributed by atoms with Crippen LogP contribution in [-0.4, -0.2) is 19.6 Å². The van der Waals surface area contributed by atoms with Gasteiger partial charge in [0.1, 0.15) is 17.3 Å². The van der Waals surface area contributed by atoms with Crippen LogP contribution in [0.1, 0.15) is 11.3 Å². The molecule has 0 fully saturated rings. The molecule has 114 valence electrons. The fraction of sp³-hybridized carbons (Fsp3) is 0.0667. The van der Waals surface area contributed by atoms with Gasteiger partial charge in [-0.2, -0.15) is 5.26 Å². The van der Waals surface area contributed by atoms with Crippen molar-refractivity contribution >= 4 is 23.2 Å². The van der Waals surface area contributed by atoms with Crippen molar-refractivity contribution in [3.05, 3.63) is 74.4 Å². The summed E-state index contributed by atoms with van der Waals surface area (Å²) in [5.41, 5.74) is 1.01. The number of halogens is 2. The number of benzene rings is 1. The van der Waals surface area contributed by atoms with Crippen molar-refractivity contribution in [3.63, 3.8) is 0 Å². The largest absolute Gasteiger partial charge is 0.308 e. The zero-order valence-electron chi connectivity index (χ0n) is 11.6. The molecule has 0 saturated carbocycles. The summed E-state index contributed by atoms with van der Waals surface area (Å²) in [4.78, 5) is 12.0. The van der Waals surface area contributed by atoms with Gasteiger partial charge in [0.2, 0.25) is 0 Å². The smallest absolute Gasteiger partial charge is 0.268 e. The predicted octanol–water partition coefficient (Wildman–Crippen LogP) is 2.66. The summed E-state index contributed by atoms with van der Waals surface area (Å²) in [6, 6.07) is 10.1. The highest BCUT2D eigenvalue weighted by Crippen LogP contribution is 2.24. The predicted molar refractivity (Wildman–Crippen MR) is 85.9 cm³/mol. The quantitative estimate of drug-likeness (QED) is 0.731. The van der Waals surface area contributed by atoms with E-state index in [0.29, 0.717) is 21.4 Å². The Morgan fingerprint density at radius 1 is 1.22 bits per heavy atom. The molecule has 2 heterocycles. The van der Waals surface area contributed by atoms with E-state index in [2.05, 4.69) is 10.3 Å². The van der Waals surface area contributed by atoms with Gasteiger partial charge in [-0.1, -0.05) is 28.4 Å². The molecule has 0 N–H and O–H groups in total. The van der Waals surface area contributed by atoms with Crippen LogP contribution < -0.4 is 5.56 Å². The Morgan fingerprint density at radius 3 is 2.78 bits per heavy atom. The summed E-state index contributed by atoms with van der Waals surface area (Å²) in [7, 11) is 0. The molecule has 1 aromatic carbocycles. The van der Waals surface area contributed by atoms with Crippen molar-refractivity contribution in [1.82, 2.24) is 19.6 Å². The highest BCUT2D eigenvalue weighted by atomic mass is 35.5. The van der Waals surface area contributed by atoms with E-state index in [1.165, 1.54) is 15.3 Å². The number of pyridine rings is 1. The SMILES string of the molecule is N#Cc1cccn(Cc2cn(-c3ccc(Cl)c(Cl)c3)nn2)c1=O. The van der Waals surface area contributed by atoms with Gasteiger partial charge in [0.05, 0.1) is 28.5 Å². The molecule has 0 unspecified atom stereocenters. The molecule has 0 atom stereocenters. The monoisotopic (exact) mass is 345 g/mol. The Balaban J connectivity index is 1.90. The lowest BCUT2D eigenvalue weighted by molar-refractivity contribution is 0.728. The van der Waals surface area contributed by atoms with E-state index in [9.17, 15) is 4.79 Å². The zero-order valence-corrected chi connectivity index (χ0v) is 13.2. The minimum Gasteiger partial charge on any atom is -0.308 e. The molecule has 0 spiro atoms. The third-order valence-corrected chi connectivity index (χ3v) is 3.92. The first-order valence-electron chi connectivity index (χ1n) is 6.54. The third-order valence-electron chi connectivity index (χ3n) is 3.18. The van der Waals surface area contributed by atoms with Crippen LogP contribution in [0.3, 0.4) is 0 Å². The van der Waals surface area contributed by atoms with Gasteiger partial charge in [0.25, 0.3) is 5.56 Å². The van der Waals surface area contributed by atoms with Gasteiger partial charge in [-0.25, -0.2) is 4.68 Å². The maximum Gasteiger partial charge on any atom is 0.268 e. The summed E-state index contributed by atoms with van der Waals surface area (Å²) < 4.78 is 2.94. The Hall–Kier alpha value is -2.62. The van der Waals surface area contributed by atoms with Crippen LogP contribution in [0.25, 0.3) is 5.69 Å². The second-order valence-corrected chi connectivity index (χ2v) is 5.53. The van der Waals surface area contributed by atoms with Crippen molar-refractivity contribution in [2.75, 3.05) is 0 Å². The normalized spacial score (nSPS) is 10.5. The topological polar surface area (TPSA) is 76.5 Å². The van der Waals surface area contributed by atoms with Crippen LogP contribution in [0.5, 0.6) is 0 Å². The minimum atomic E-state index is -0.362. The van der Waals surface area contributed by atoms with Gasteiger partial charge < -0.3 is 4.57 Å². The first-order valence-corrected chi connectivity index (χ1v) is 7.30. The second-order valence-electron chi connectivity index (χ2n) is 4.72. The Bertz CT molecular complexity index is 970. The number of nitriles is 1. The third kappa shape index (κ3) is 3.11. The summed E-state index contributed by atoms with van der Waals surface area (Å²) in [6.45, 7) is 0.218. The fourth-order valence-corrected chi connectivity index (χ4v) is 2.34. The molecule has 0 aliphatic carbocycles. The molecule has 23 heavy (non-hydrogen) atoms. The van der Waals surface area contributed by atoms with Gasteiger partial charge in [0, 0.05) is 6.20 Å². The van der Waals surface area contributed by atoms with Crippen molar-refractivity contribution in [3.8, 4) is 11.8 Å². The van der Waals surface area contributed by atoms with Gasteiger partial charge >= 0.3 is 0 Å². The van der Waals surface area contributed by atoms with Gasteiger partial charge in [-0.3, -0.25) is 4.79 Å². The molecule has 0 bridgehead atoms. The molecule has 0 radical (unpaired) electrons. The summed E-state index contributed by atoms with van der Waals surface area (Å²) in [6.07, 6.45) is 3.28. The molecule has 3 rings (SSSR count). The number of rotatable bonds is 3. The summed E-state index contributed by atoms with van der Waals surface area (Å²) in [5, 5.41) is 17.8. The van der Waals surface area contributed by atoms with E-state index in [0.717, 1.165) is 0 Å². The van der Waals surface area contributed by atoms with E-state index in [1.807, 2.05) is 6.07 Å². The minimum absolute atomic E-state index is 0.0874. The molecule has 8 heteroatoms. The van der Waals surface area contributed by atoms with E-state index in [1.54, 1.807) is 36.7 Å². The second kappa shape index (κ2) is 6.24. The van der Waals surface area contributed by atoms with E-state index < -0.39 is 0 Å². The average molecular weight is 346 g/mol. The highest BCUT2D eigenvalue weighted by Gasteiger charge is 2.08. The lowest BCUT2D eigenvalue weighted by atomic mass is 10.3. The molecule has 0 saturated heterocycles. The highest BCUT2D eigenvalue weighted by molar-refractivity contribution is 6.42. The maximum atomic E-state index is 12.0. The number of hydrogen-bond donors (Lipinski definition) is 0. The first kappa shape index (κ1) is 15.3. The van der Waals surface area contributed by atoms with Crippen LogP contribution in [0.2, 0.25) is 10.0 Å². The molecule has 3 aromatic rings. The van der Waals surface area contributed by atoms with Gasteiger partial charge in [0.15, 0.2) is 0 Å². The van der Waals surface area contributed by atoms with Crippen LogP contribution >= 0.6 is 23.2 Å². The Kier molecular flexibility index (Phi) is 4.15. The van der Waals surface area contributed by atoms with Gasteiger partial charge in [-0.15, -0.1) is 5.10 Å². The Morgan fingerprint density at radius 2 is 2.04 bits per heavy atom. The van der Waals surface area contributed by atoms with Crippen LogP contribution in [0, 0.1) is 11.3 Å². The molecule has 6 nitrogen and oxygen atoms in total. The van der Waals surface area contributed by atoms with Gasteiger partial charge in [-0.05, 0) is 30.3 Å². The van der Waals surface area contributed by atoms with Crippen molar-refractivity contribution in [2.24, 2.45) is 0 Å². The molecule has 0 amide bonds. The Labute approximate surface area is 141 Å². The molecule has 0 aliphatic rings.